The van der Waals surface area contributed by atoms with Gasteiger partial charge in [0, 0.05) is 26.0 Å². The van der Waals surface area contributed by atoms with Crippen molar-refractivity contribution in [2.24, 2.45) is 5.92 Å². The second-order valence-corrected chi connectivity index (χ2v) is 8.10. The van der Waals surface area contributed by atoms with Crippen LogP contribution in [0.4, 0.5) is 5.69 Å². The summed E-state index contributed by atoms with van der Waals surface area (Å²) < 4.78 is 3.26. The molecule has 0 aliphatic carbocycles. The molecular formula is C15H21Br3N2. The summed E-state index contributed by atoms with van der Waals surface area (Å²) in [5, 5.41) is 3.68. The van der Waals surface area contributed by atoms with E-state index in [1.165, 1.54) is 25.9 Å². The smallest absolute Gasteiger partial charge is 0.0631 e. The molecule has 2 rings (SSSR count). The van der Waals surface area contributed by atoms with E-state index in [0.717, 1.165) is 25.7 Å². The summed E-state index contributed by atoms with van der Waals surface area (Å²) in [7, 11) is 0. The molecule has 112 valence electrons. The molecule has 1 aromatic carbocycles. The Bertz CT molecular complexity index is 441. The Kier molecular flexibility index (Phi) is 6.39. The van der Waals surface area contributed by atoms with Crippen molar-refractivity contribution in [2.45, 2.75) is 32.7 Å². The van der Waals surface area contributed by atoms with Crippen LogP contribution in [0.1, 0.15) is 26.7 Å². The molecule has 5 heteroatoms. The quantitative estimate of drug-likeness (QED) is 0.627. The lowest BCUT2D eigenvalue weighted by Crippen LogP contribution is -2.41. The third-order valence-corrected chi connectivity index (χ3v) is 5.78. The first-order valence-corrected chi connectivity index (χ1v) is 9.52. The molecule has 1 aromatic rings. The van der Waals surface area contributed by atoms with Gasteiger partial charge in [-0.15, -0.1) is 0 Å². The molecule has 1 fully saturated rings. The highest BCUT2D eigenvalue weighted by Crippen LogP contribution is 2.35. The lowest BCUT2D eigenvalue weighted by molar-refractivity contribution is 0.172. The van der Waals surface area contributed by atoms with E-state index in [1.807, 2.05) is 0 Å². The molecule has 2 atom stereocenters. The number of likely N-dealkylation sites (tertiary alicyclic amines) is 1. The molecule has 0 aromatic heterocycles. The summed E-state index contributed by atoms with van der Waals surface area (Å²) in [5.41, 5.74) is 1.15. The van der Waals surface area contributed by atoms with Crippen molar-refractivity contribution >= 4 is 53.5 Å². The fraction of sp³-hybridized carbons (Fsp3) is 0.600. The third-order valence-electron chi connectivity index (χ3n) is 4.08. The van der Waals surface area contributed by atoms with Crippen LogP contribution in [0.2, 0.25) is 0 Å². The van der Waals surface area contributed by atoms with E-state index in [1.54, 1.807) is 0 Å². The number of benzene rings is 1. The van der Waals surface area contributed by atoms with Gasteiger partial charge in [0.25, 0.3) is 0 Å². The standard InChI is InChI=1S/C15H21Br3N2/c1-3-20-6-4-5-11(9-20)10(2)19-15-13(17)7-12(16)8-14(15)18/h7-8,10-11,19H,3-6,9H2,1-2H3. The van der Waals surface area contributed by atoms with Gasteiger partial charge in [0.2, 0.25) is 0 Å². The van der Waals surface area contributed by atoms with Gasteiger partial charge in [0.15, 0.2) is 0 Å². The molecule has 1 aliphatic rings. The van der Waals surface area contributed by atoms with Crippen LogP contribution in [-0.2, 0) is 0 Å². The Hall–Kier alpha value is 0.420. The highest BCUT2D eigenvalue weighted by molar-refractivity contribution is 9.11. The average Bonchev–Trinajstić information content (AvgIpc) is 2.42. The molecule has 0 spiro atoms. The average molecular weight is 469 g/mol. The van der Waals surface area contributed by atoms with Crippen LogP contribution in [0, 0.1) is 5.92 Å². The third kappa shape index (κ3) is 4.21. The molecule has 20 heavy (non-hydrogen) atoms. The van der Waals surface area contributed by atoms with E-state index in [2.05, 4.69) is 84.0 Å². The van der Waals surface area contributed by atoms with Crippen LogP contribution in [0.3, 0.4) is 0 Å². The molecule has 0 saturated carbocycles. The van der Waals surface area contributed by atoms with Crippen molar-refractivity contribution in [3.8, 4) is 0 Å². The molecule has 2 nitrogen and oxygen atoms in total. The van der Waals surface area contributed by atoms with E-state index in [4.69, 9.17) is 0 Å². The second-order valence-electron chi connectivity index (χ2n) is 5.47. The number of hydrogen-bond acceptors (Lipinski definition) is 2. The number of halogens is 3. The van der Waals surface area contributed by atoms with E-state index in [-0.39, 0.29) is 0 Å². The van der Waals surface area contributed by atoms with Gasteiger partial charge in [-0.05, 0) is 82.8 Å². The van der Waals surface area contributed by atoms with Gasteiger partial charge in [0.1, 0.15) is 0 Å². The lowest BCUT2D eigenvalue weighted by Gasteiger charge is -2.36. The maximum atomic E-state index is 3.68. The van der Waals surface area contributed by atoms with Crippen molar-refractivity contribution in [1.82, 2.24) is 4.90 Å². The minimum Gasteiger partial charge on any atom is -0.380 e. The number of nitrogens with one attached hydrogen (secondary N) is 1. The summed E-state index contributed by atoms with van der Waals surface area (Å²) in [4.78, 5) is 2.55. The van der Waals surface area contributed by atoms with Crippen LogP contribution >= 0.6 is 47.8 Å². The first kappa shape index (κ1) is 16.8. The van der Waals surface area contributed by atoms with Gasteiger partial charge in [-0.1, -0.05) is 22.9 Å². The predicted molar refractivity (Wildman–Crippen MR) is 97.5 cm³/mol. The molecule has 1 N–H and O–H groups in total. The van der Waals surface area contributed by atoms with Crippen molar-refractivity contribution in [1.29, 1.82) is 0 Å². The summed E-state index contributed by atoms with van der Waals surface area (Å²) in [6, 6.07) is 4.64. The van der Waals surface area contributed by atoms with Crippen LogP contribution in [0.25, 0.3) is 0 Å². The molecule has 0 amide bonds. The molecule has 1 saturated heterocycles. The number of piperidine rings is 1. The van der Waals surface area contributed by atoms with Gasteiger partial charge < -0.3 is 10.2 Å². The predicted octanol–water partition coefficient (Wildman–Crippen LogP) is 5.51. The molecular weight excluding hydrogens is 448 g/mol. The Morgan fingerprint density at radius 1 is 1.30 bits per heavy atom. The molecule has 1 aliphatic heterocycles. The van der Waals surface area contributed by atoms with Gasteiger partial charge in [-0.3, -0.25) is 0 Å². The summed E-state index contributed by atoms with van der Waals surface area (Å²) >= 11 is 10.8. The van der Waals surface area contributed by atoms with E-state index in [0.29, 0.717) is 12.0 Å². The van der Waals surface area contributed by atoms with Crippen LogP contribution in [0.15, 0.2) is 25.6 Å². The normalized spacial score (nSPS) is 21.8. The van der Waals surface area contributed by atoms with Crippen molar-refractivity contribution in [2.75, 3.05) is 25.0 Å². The van der Waals surface area contributed by atoms with Crippen molar-refractivity contribution < 1.29 is 0 Å². The van der Waals surface area contributed by atoms with Crippen molar-refractivity contribution in [3.63, 3.8) is 0 Å². The fourth-order valence-electron chi connectivity index (χ4n) is 2.81. The Morgan fingerprint density at radius 2 is 1.95 bits per heavy atom. The van der Waals surface area contributed by atoms with E-state index < -0.39 is 0 Å². The minimum atomic E-state index is 0.470. The monoisotopic (exact) mass is 466 g/mol. The molecule has 2 unspecified atom stereocenters. The SMILES string of the molecule is CCN1CCCC(C(C)Nc2c(Br)cc(Br)cc2Br)C1. The highest BCUT2D eigenvalue weighted by atomic mass is 79.9. The fourth-order valence-corrected chi connectivity index (χ4v) is 5.30. The zero-order valence-electron chi connectivity index (χ0n) is 11.9. The number of rotatable bonds is 4. The Labute approximate surface area is 147 Å². The first-order valence-electron chi connectivity index (χ1n) is 7.14. The number of anilines is 1. The van der Waals surface area contributed by atoms with Crippen LogP contribution in [-0.4, -0.2) is 30.6 Å². The zero-order valence-corrected chi connectivity index (χ0v) is 16.7. The van der Waals surface area contributed by atoms with E-state index >= 15 is 0 Å². The summed E-state index contributed by atoms with van der Waals surface area (Å²) in [5.74, 6) is 0.714. The lowest BCUT2D eigenvalue weighted by atomic mass is 9.91. The highest BCUT2D eigenvalue weighted by Gasteiger charge is 2.24. The number of hydrogen-bond donors (Lipinski definition) is 1. The number of nitrogens with zero attached hydrogens (tertiary/aromatic N) is 1. The minimum absolute atomic E-state index is 0.470. The summed E-state index contributed by atoms with van der Waals surface area (Å²) in [6.07, 6.45) is 2.63. The molecule has 1 heterocycles. The second kappa shape index (κ2) is 7.61. The first-order chi connectivity index (χ1) is 9.51. The van der Waals surface area contributed by atoms with E-state index in [9.17, 15) is 0 Å². The Balaban J connectivity index is 2.06. The molecule has 0 bridgehead atoms. The van der Waals surface area contributed by atoms with Gasteiger partial charge in [-0.25, -0.2) is 0 Å². The Morgan fingerprint density at radius 3 is 2.55 bits per heavy atom. The zero-order chi connectivity index (χ0) is 14.7. The molecule has 0 radical (unpaired) electrons. The largest absolute Gasteiger partial charge is 0.380 e. The summed E-state index contributed by atoms with van der Waals surface area (Å²) in [6.45, 7) is 8.17. The van der Waals surface area contributed by atoms with Crippen LogP contribution in [0.5, 0.6) is 0 Å². The van der Waals surface area contributed by atoms with Gasteiger partial charge in [-0.2, -0.15) is 0 Å². The van der Waals surface area contributed by atoms with Gasteiger partial charge >= 0.3 is 0 Å². The van der Waals surface area contributed by atoms with Gasteiger partial charge in [0.05, 0.1) is 5.69 Å². The topological polar surface area (TPSA) is 15.3 Å². The van der Waals surface area contributed by atoms with Crippen LogP contribution < -0.4 is 5.32 Å². The maximum Gasteiger partial charge on any atom is 0.0631 e. The van der Waals surface area contributed by atoms with Crippen molar-refractivity contribution in [3.05, 3.63) is 25.6 Å². The maximum absolute atomic E-state index is 3.68.